The first kappa shape index (κ1) is 14.9. The number of aliphatic hydroxyl groups is 1. The van der Waals surface area contributed by atoms with Gasteiger partial charge in [0.2, 0.25) is 0 Å². The molecule has 0 fully saturated rings. The highest BCUT2D eigenvalue weighted by molar-refractivity contribution is 6.18. The molecule has 2 rings (SSSR count). The van der Waals surface area contributed by atoms with E-state index in [1.165, 1.54) is 21.1 Å². The van der Waals surface area contributed by atoms with Crippen molar-refractivity contribution >= 4 is 11.8 Å². The molecule has 1 N–H and O–H groups in total. The van der Waals surface area contributed by atoms with Gasteiger partial charge in [-0.2, -0.15) is 0 Å². The topological polar surface area (TPSA) is 82.1 Å². The smallest absolute Gasteiger partial charge is 0.346 e. The lowest BCUT2D eigenvalue weighted by molar-refractivity contribution is -0.140. The summed E-state index contributed by atoms with van der Waals surface area (Å²) in [4.78, 5) is 22.8. The largest absolute Gasteiger partial charge is 0.507 e. The van der Waals surface area contributed by atoms with E-state index in [0.29, 0.717) is 11.5 Å². The Balaban J connectivity index is 2.24. The van der Waals surface area contributed by atoms with Gasteiger partial charge >= 0.3 is 5.97 Å². The maximum Gasteiger partial charge on any atom is 0.346 e. The molecule has 21 heavy (non-hydrogen) atoms. The number of benzene rings is 1. The zero-order valence-electron chi connectivity index (χ0n) is 12.0. The summed E-state index contributed by atoms with van der Waals surface area (Å²) in [6.07, 6.45) is -0.608. The van der Waals surface area contributed by atoms with Gasteiger partial charge in [0.15, 0.2) is 29.1 Å². The molecule has 1 aromatic rings. The highest BCUT2D eigenvalue weighted by Crippen LogP contribution is 2.30. The maximum absolute atomic E-state index is 11.5. The molecule has 0 aromatic heterocycles. The van der Waals surface area contributed by atoms with Crippen molar-refractivity contribution in [3.63, 3.8) is 0 Å². The number of ether oxygens (including phenoxy) is 3. The lowest BCUT2D eigenvalue weighted by atomic mass is 10.0. The van der Waals surface area contributed by atoms with E-state index in [2.05, 4.69) is 0 Å². The fraction of sp³-hybridized carbons (Fsp3) is 0.333. The van der Waals surface area contributed by atoms with Crippen LogP contribution in [-0.2, 0) is 20.7 Å². The van der Waals surface area contributed by atoms with Crippen molar-refractivity contribution < 1.29 is 28.9 Å². The summed E-state index contributed by atoms with van der Waals surface area (Å²) in [5.41, 5.74) is 0.502. The predicted octanol–water partition coefficient (Wildman–Crippen LogP) is 1.57. The molecule has 112 valence electrons. The molecule has 0 radical (unpaired) electrons. The maximum atomic E-state index is 11.5. The van der Waals surface area contributed by atoms with E-state index in [-0.39, 0.29) is 17.8 Å². The third kappa shape index (κ3) is 2.84. The minimum atomic E-state index is -0.852. The third-order valence-electron chi connectivity index (χ3n) is 3.24. The summed E-state index contributed by atoms with van der Waals surface area (Å²) >= 11 is 0. The van der Waals surface area contributed by atoms with Gasteiger partial charge < -0.3 is 19.3 Å². The van der Waals surface area contributed by atoms with Crippen LogP contribution in [0.3, 0.4) is 0 Å². The van der Waals surface area contributed by atoms with E-state index >= 15 is 0 Å². The first-order valence-corrected chi connectivity index (χ1v) is 6.33. The van der Waals surface area contributed by atoms with Crippen molar-refractivity contribution in [3.8, 4) is 11.5 Å². The quantitative estimate of drug-likeness (QED) is 0.655. The molecule has 6 nitrogen and oxygen atoms in total. The van der Waals surface area contributed by atoms with E-state index in [1.807, 2.05) is 0 Å². The second-order valence-electron chi connectivity index (χ2n) is 4.60. The summed E-state index contributed by atoms with van der Waals surface area (Å²) in [5, 5.41) is 9.94. The molecule has 1 aliphatic rings. The molecule has 1 heterocycles. The zero-order chi connectivity index (χ0) is 15.6. The Kier molecular flexibility index (Phi) is 4.16. The zero-order valence-corrected chi connectivity index (χ0v) is 12.0. The molecule has 1 aliphatic heterocycles. The van der Waals surface area contributed by atoms with Crippen molar-refractivity contribution in [1.82, 2.24) is 0 Å². The lowest BCUT2D eigenvalue weighted by Gasteiger charge is -2.13. The summed E-state index contributed by atoms with van der Waals surface area (Å²) in [6.45, 7) is 1.21. The number of hydrogen-bond acceptors (Lipinski definition) is 6. The molecule has 1 atom stereocenters. The molecule has 0 bridgehead atoms. The first-order chi connectivity index (χ1) is 9.97. The fourth-order valence-corrected chi connectivity index (χ4v) is 2.19. The Morgan fingerprint density at radius 1 is 1.29 bits per heavy atom. The van der Waals surface area contributed by atoms with Crippen LogP contribution < -0.4 is 9.47 Å². The lowest BCUT2D eigenvalue weighted by Crippen LogP contribution is -2.15. The standard InChI is InChI=1S/C15H16O6/c1-8(16)13-14(17)12(21-15(13)18)7-9-4-5-10(19-2)11(6-9)20-3/h4-6,12,17H,7H2,1-3H3. The fourth-order valence-electron chi connectivity index (χ4n) is 2.19. The molecule has 0 saturated heterocycles. The van der Waals surface area contributed by atoms with Gasteiger partial charge in [0.05, 0.1) is 14.2 Å². The Morgan fingerprint density at radius 2 is 1.95 bits per heavy atom. The summed E-state index contributed by atoms with van der Waals surface area (Å²) in [5.74, 6) is -0.497. The second kappa shape index (κ2) is 5.87. The number of ketones is 1. The normalized spacial score (nSPS) is 17.7. The average Bonchev–Trinajstić information content (AvgIpc) is 2.73. The number of aliphatic hydroxyl groups excluding tert-OH is 1. The van der Waals surface area contributed by atoms with Crippen LogP contribution in [0.4, 0.5) is 0 Å². The van der Waals surface area contributed by atoms with Crippen LogP contribution in [0.25, 0.3) is 0 Å². The number of methoxy groups -OCH3 is 2. The van der Waals surface area contributed by atoms with Crippen LogP contribution in [0, 0.1) is 0 Å². The van der Waals surface area contributed by atoms with E-state index < -0.39 is 17.9 Å². The number of Topliss-reactive ketones (excluding diaryl/α,β-unsaturated/α-hetero) is 1. The molecule has 1 unspecified atom stereocenters. The van der Waals surface area contributed by atoms with E-state index in [0.717, 1.165) is 5.56 Å². The van der Waals surface area contributed by atoms with Crippen LogP contribution in [0.15, 0.2) is 29.5 Å². The van der Waals surface area contributed by atoms with Crippen LogP contribution in [0.1, 0.15) is 12.5 Å². The van der Waals surface area contributed by atoms with Crippen molar-refractivity contribution in [1.29, 1.82) is 0 Å². The van der Waals surface area contributed by atoms with Crippen molar-refractivity contribution in [2.75, 3.05) is 14.2 Å². The van der Waals surface area contributed by atoms with Crippen molar-refractivity contribution in [3.05, 3.63) is 35.1 Å². The number of esters is 1. The number of rotatable bonds is 5. The average molecular weight is 292 g/mol. The summed E-state index contributed by atoms with van der Waals surface area (Å²) < 4.78 is 15.3. The van der Waals surface area contributed by atoms with Crippen LogP contribution >= 0.6 is 0 Å². The molecule has 1 aromatic carbocycles. The molecular weight excluding hydrogens is 276 g/mol. The third-order valence-corrected chi connectivity index (χ3v) is 3.24. The van der Waals surface area contributed by atoms with Gasteiger partial charge in [0.25, 0.3) is 0 Å². The van der Waals surface area contributed by atoms with E-state index in [9.17, 15) is 14.7 Å². The molecule has 0 amide bonds. The number of carbonyl (C=O) groups excluding carboxylic acids is 2. The van der Waals surface area contributed by atoms with E-state index in [1.54, 1.807) is 18.2 Å². The van der Waals surface area contributed by atoms with Gasteiger partial charge in [-0.05, 0) is 24.6 Å². The highest BCUT2D eigenvalue weighted by atomic mass is 16.6. The Morgan fingerprint density at radius 3 is 2.48 bits per heavy atom. The summed E-state index contributed by atoms with van der Waals surface area (Å²) in [6, 6.07) is 5.22. The first-order valence-electron chi connectivity index (χ1n) is 6.33. The number of carbonyl (C=O) groups is 2. The van der Waals surface area contributed by atoms with Crippen molar-refractivity contribution in [2.45, 2.75) is 19.4 Å². The highest BCUT2D eigenvalue weighted by Gasteiger charge is 2.36. The number of cyclic esters (lactones) is 1. The predicted molar refractivity (Wildman–Crippen MR) is 73.5 cm³/mol. The van der Waals surface area contributed by atoms with Gasteiger partial charge in [0, 0.05) is 6.42 Å². The Bertz CT molecular complexity index is 617. The van der Waals surface area contributed by atoms with Gasteiger partial charge in [-0.25, -0.2) is 4.79 Å². The monoisotopic (exact) mass is 292 g/mol. The van der Waals surface area contributed by atoms with Gasteiger partial charge in [-0.3, -0.25) is 4.79 Å². The van der Waals surface area contributed by atoms with Gasteiger partial charge in [-0.15, -0.1) is 0 Å². The molecule has 0 spiro atoms. The molecule has 0 saturated carbocycles. The van der Waals surface area contributed by atoms with Crippen LogP contribution in [0.5, 0.6) is 11.5 Å². The Labute approximate surface area is 121 Å². The SMILES string of the molecule is COc1ccc(CC2OC(=O)C(C(C)=O)=C2O)cc1OC. The van der Waals surface area contributed by atoms with Crippen molar-refractivity contribution in [2.24, 2.45) is 0 Å². The minimum Gasteiger partial charge on any atom is -0.507 e. The second-order valence-corrected chi connectivity index (χ2v) is 4.60. The minimum absolute atomic E-state index is 0.245. The van der Waals surface area contributed by atoms with Gasteiger partial charge in [-0.1, -0.05) is 6.07 Å². The Hall–Kier alpha value is -2.50. The van der Waals surface area contributed by atoms with E-state index in [4.69, 9.17) is 14.2 Å². The van der Waals surface area contributed by atoms with Gasteiger partial charge in [0.1, 0.15) is 5.57 Å². The van der Waals surface area contributed by atoms with Crippen LogP contribution in [0.2, 0.25) is 0 Å². The molecular formula is C15H16O6. The summed E-state index contributed by atoms with van der Waals surface area (Å²) in [7, 11) is 3.05. The van der Waals surface area contributed by atoms with Crippen LogP contribution in [-0.4, -0.2) is 37.2 Å². The molecule has 6 heteroatoms. The number of hydrogen-bond donors (Lipinski definition) is 1. The molecule has 0 aliphatic carbocycles.